The molecule has 34 heavy (non-hydrogen) atoms. The highest BCUT2D eigenvalue weighted by molar-refractivity contribution is 8.02. The quantitative estimate of drug-likeness (QED) is 0.607. The molecule has 0 radical (unpaired) electrons. The summed E-state index contributed by atoms with van der Waals surface area (Å²) in [5.41, 5.74) is 5.85. The Bertz CT molecular complexity index is 1320. The highest BCUT2D eigenvalue weighted by atomic mass is 32.2. The van der Waals surface area contributed by atoms with E-state index < -0.39 is 4.87 Å². The second-order valence-corrected chi connectivity index (χ2v) is 9.94. The summed E-state index contributed by atoms with van der Waals surface area (Å²) in [5.74, 6) is -0.499. The largest absolute Gasteiger partial charge is 0.324 e. The van der Waals surface area contributed by atoms with E-state index in [0.717, 1.165) is 27.9 Å². The van der Waals surface area contributed by atoms with Crippen LogP contribution in [0.1, 0.15) is 22.3 Å². The molecule has 1 fully saturated rings. The van der Waals surface area contributed by atoms with Crippen molar-refractivity contribution in [3.05, 3.63) is 89.0 Å². The average Bonchev–Trinajstić information content (AvgIpc) is 3.28. The number of fused-ring (bicyclic) bond motifs is 2. The summed E-state index contributed by atoms with van der Waals surface area (Å²) >= 11 is 1.31. The maximum Gasteiger partial charge on any atom is 0.269 e. The smallest absolute Gasteiger partial charge is 0.269 e. The summed E-state index contributed by atoms with van der Waals surface area (Å²) in [6.45, 7) is 5.74. The van der Waals surface area contributed by atoms with E-state index in [0.29, 0.717) is 11.4 Å². The number of anilines is 3. The first-order valence-corrected chi connectivity index (χ1v) is 12.1. The number of carbonyl (C=O) groups is 3. The lowest BCUT2D eigenvalue weighted by atomic mass is 10.0. The van der Waals surface area contributed by atoms with Gasteiger partial charge >= 0.3 is 0 Å². The average molecular weight is 472 g/mol. The zero-order valence-electron chi connectivity index (χ0n) is 19.3. The van der Waals surface area contributed by atoms with Crippen LogP contribution in [0.5, 0.6) is 0 Å². The van der Waals surface area contributed by atoms with Gasteiger partial charge in [0, 0.05) is 16.9 Å². The predicted octanol–water partition coefficient (Wildman–Crippen LogP) is 4.53. The van der Waals surface area contributed by atoms with Gasteiger partial charge in [-0.1, -0.05) is 48.0 Å². The SMILES string of the molecule is Cc1ccc(N2C(=O)CSC23C(=O)N(CC(=O)Nc2cc(C)ccc2C)c2ccccc23)cc1. The Labute approximate surface area is 202 Å². The summed E-state index contributed by atoms with van der Waals surface area (Å²) in [4.78, 5) is 42.0. The van der Waals surface area contributed by atoms with Gasteiger partial charge in [-0.05, 0) is 56.2 Å². The lowest BCUT2D eigenvalue weighted by Gasteiger charge is -2.33. The maximum atomic E-state index is 14.0. The van der Waals surface area contributed by atoms with Gasteiger partial charge in [0.1, 0.15) is 6.54 Å². The van der Waals surface area contributed by atoms with Crippen molar-refractivity contribution in [1.29, 1.82) is 0 Å². The van der Waals surface area contributed by atoms with E-state index in [1.54, 1.807) is 4.90 Å². The van der Waals surface area contributed by atoms with Crippen molar-refractivity contribution < 1.29 is 14.4 Å². The summed E-state index contributed by atoms with van der Waals surface area (Å²) in [6.07, 6.45) is 0. The molecular formula is C27H25N3O3S. The zero-order valence-corrected chi connectivity index (χ0v) is 20.1. The minimum atomic E-state index is -1.22. The van der Waals surface area contributed by atoms with Gasteiger partial charge in [-0.25, -0.2) is 0 Å². The van der Waals surface area contributed by atoms with E-state index in [1.807, 2.05) is 87.5 Å². The van der Waals surface area contributed by atoms with Crippen molar-refractivity contribution in [2.45, 2.75) is 25.6 Å². The predicted molar refractivity (Wildman–Crippen MR) is 136 cm³/mol. The van der Waals surface area contributed by atoms with E-state index in [9.17, 15) is 14.4 Å². The van der Waals surface area contributed by atoms with Gasteiger partial charge in [0.2, 0.25) is 16.7 Å². The second kappa shape index (κ2) is 8.33. The molecule has 1 saturated heterocycles. The number of benzene rings is 3. The summed E-state index contributed by atoms with van der Waals surface area (Å²) in [5, 5.41) is 2.95. The van der Waals surface area contributed by atoms with Gasteiger partial charge in [0.25, 0.3) is 5.91 Å². The number of aryl methyl sites for hydroxylation is 3. The summed E-state index contributed by atoms with van der Waals surface area (Å²) in [7, 11) is 0. The van der Waals surface area contributed by atoms with Crippen LogP contribution in [0.2, 0.25) is 0 Å². The van der Waals surface area contributed by atoms with Crippen LogP contribution in [0.4, 0.5) is 17.1 Å². The Hall–Kier alpha value is -3.58. The summed E-state index contributed by atoms with van der Waals surface area (Å²) < 4.78 is 0. The third-order valence-electron chi connectivity index (χ3n) is 6.32. The van der Waals surface area contributed by atoms with Crippen LogP contribution in [0.25, 0.3) is 0 Å². The molecule has 3 aromatic carbocycles. The van der Waals surface area contributed by atoms with Crippen molar-refractivity contribution in [2.75, 3.05) is 27.4 Å². The van der Waals surface area contributed by atoms with Gasteiger partial charge < -0.3 is 5.32 Å². The molecule has 3 amide bonds. The molecule has 2 heterocycles. The first-order valence-electron chi connectivity index (χ1n) is 11.1. The molecule has 0 aliphatic carbocycles. The highest BCUT2D eigenvalue weighted by Gasteiger charge is 2.61. The molecule has 0 saturated carbocycles. The van der Waals surface area contributed by atoms with Crippen LogP contribution in [0, 0.1) is 20.8 Å². The van der Waals surface area contributed by atoms with Crippen molar-refractivity contribution in [1.82, 2.24) is 0 Å². The maximum absolute atomic E-state index is 14.0. The number of hydrogen-bond acceptors (Lipinski definition) is 4. The Kier molecular flexibility index (Phi) is 5.44. The minimum absolute atomic E-state index is 0.126. The molecule has 1 spiro atoms. The van der Waals surface area contributed by atoms with Gasteiger partial charge in [0.15, 0.2) is 0 Å². The van der Waals surface area contributed by atoms with Gasteiger partial charge in [-0.3, -0.25) is 24.2 Å². The van der Waals surface area contributed by atoms with Crippen LogP contribution in [0.15, 0.2) is 66.7 Å². The van der Waals surface area contributed by atoms with Gasteiger partial charge in [0.05, 0.1) is 11.4 Å². The third-order valence-corrected chi connectivity index (χ3v) is 7.71. The fourth-order valence-electron chi connectivity index (χ4n) is 4.61. The van der Waals surface area contributed by atoms with Crippen LogP contribution >= 0.6 is 11.8 Å². The Morgan fingerprint density at radius 3 is 2.44 bits per heavy atom. The van der Waals surface area contributed by atoms with Gasteiger partial charge in [-0.2, -0.15) is 0 Å². The number of thioether (sulfide) groups is 1. The Morgan fingerprint density at radius 1 is 0.971 bits per heavy atom. The molecule has 7 heteroatoms. The molecule has 2 aliphatic rings. The third kappa shape index (κ3) is 3.47. The fourth-order valence-corrected chi connectivity index (χ4v) is 5.97. The van der Waals surface area contributed by atoms with Crippen molar-refractivity contribution in [3.63, 3.8) is 0 Å². The van der Waals surface area contributed by atoms with Crippen LogP contribution in [0.3, 0.4) is 0 Å². The lowest BCUT2D eigenvalue weighted by molar-refractivity contribution is -0.124. The number of amides is 3. The number of rotatable bonds is 4. The molecule has 6 nitrogen and oxygen atoms in total. The molecule has 3 aromatic rings. The van der Waals surface area contributed by atoms with Crippen molar-refractivity contribution >= 4 is 46.5 Å². The van der Waals surface area contributed by atoms with Crippen LogP contribution in [-0.4, -0.2) is 30.0 Å². The molecule has 2 aliphatic heterocycles. The normalized spacial score (nSPS) is 19.1. The number of carbonyl (C=O) groups excluding carboxylic acids is 3. The van der Waals surface area contributed by atoms with Gasteiger partial charge in [-0.15, -0.1) is 11.8 Å². The summed E-state index contributed by atoms with van der Waals surface area (Å²) in [6, 6.07) is 20.9. The Balaban J connectivity index is 1.51. The molecule has 1 N–H and O–H groups in total. The molecule has 0 aromatic heterocycles. The number of nitrogens with zero attached hydrogens (tertiary/aromatic N) is 2. The van der Waals surface area contributed by atoms with Crippen LogP contribution in [-0.2, 0) is 19.3 Å². The molecule has 5 rings (SSSR count). The molecule has 0 bridgehead atoms. The van der Waals surface area contributed by atoms with Crippen LogP contribution < -0.4 is 15.1 Å². The highest BCUT2D eigenvalue weighted by Crippen LogP contribution is 2.55. The fraction of sp³-hybridized carbons (Fsp3) is 0.222. The minimum Gasteiger partial charge on any atom is -0.324 e. The van der Waals surface area contributed by atoms with E-state index >= 15 is 0 Å². The zero-order chi connectivity index (χ0) is 24.0. The van der Waals surface area contributed by atoms with E-state index in [1.165, 1.54) is 16.7 Å². The number of hydrogen-bond donors (Lipinski definition) is 1. The lowest BCUT2D eigenvalue weighted by Crippen LogP contribution is -2.50. The monoisotopic (exact) mass is 471 g/mol. The Morgan fingerprint density at radius 2 is 1.68 bits per heavy atom. The van der Waals surface area contributed by atoms with Crippen molar-refractivity contribution in [2.24, 2.45) is 0 Å². The first kappa shape index (κ1) is 22.2. The molecule has 172 valence electrons. The second-order valence-electron chi connectivity index (χ2n) is 8.77. The van der Waals surface area contributed by atoms with E-state index in [4.69, 9.17) is 0 Å². The molecule has 1 unspecified atom stereocenters. The van der Waals surface area contributed by atoms with E-state index in [2.05, 4.69) is 5.32 Å². The van der Waals surface area contributed by atoms with Crippen molar-refractivity contribution in [3.8, 4) is 0 Å². The number of nitrogens with one attached hydrogen (secondary N) is 1. The molecule has 1 atom stereocenters. The van der Waals surface area contributed by atoms with E-state index in [-0.39, 0.29) is 30.0 Å². The first-order chi connectivity index (χ1) is 16.3. The molecular weight excluding hydrogens is 446 g/mol. The standard InChI is InChI=1S/C27H25N3O3S/c1-17-9-12-20(13-10-17)30-25(32)16-34-27(30)21-6-4-5-7-23(21)29(26(27)33)15-24(31)28-22-14-18(2)8-11-19(22)3/h4-14H,15-16H2,1-3H3,(H,28,31). The topological polar surface area (TPSA) is 69.7 Å². The number of para-hydroxylation sites is 1.